The van der Waals surface area contributed by atoms with Crippen molar-refractivity contribution in [2.45, 2.75) is 0 Å². The van der Waals surface area contributed by atoms with Crippen LogP contribution in [0.15, 0.2) is 41.8 Å². The molecular formula is C12H8N2OS. The highest BCUT2D eigenvalue weighted by molar-refractivity contribution is 7.14. The van der Waals surface area contributed by atoms with Gasteiger partial charge < -0.3 is 5.21 Å². The molecule has 0 saturated carbocycles. The second-order valence-electron chi connectivity index (χ2n) is 2.94. The fourth-order valence-electron chi connectivity index (χ4n) is 1.12. The van der Waals surface area contributed by atoms with Crippen LogP contribution in [-0.4, -0.2) is 16.4 Å². The number of rotatable bonds is 1. The lowest BCUT2D eigenvalue weighted by atomic mass is 10.3. The van der Waals surface area contributed by atoms with Crippen molar-refractivity contribution in [1.82, 2.24) is 4.98 Å². The van der Waals surface area contributed by atoms with Crippen molar-refractivity contribution < 1.29 is 5.21 Å². The molecule has 0 bridgehead atoms. The Balaban J connectivity index is 2.18. The summed E-state index contributed by atoms with van der Waals surface area (Å²) in [5.41, 5.74) is 0.883. The van der Waals surface area contributed by atoms with Gasteiger partial charge in [0.15, 0.2) is 0 Å². The van der Waals surface area contributed by atoms with Crippen LogP contribution in [0.25, 0.3) is 0 Å². The lowest BCUT2D eigenvalue weighted by molar-refractivity contribution is 0.322. The third kappa shape index (κ3) is 2.69. The molecule has 0 radical (unpaired) electrons. The number of nitrogens with zero attached hydrogens (tertiary/aromatic N) is 2. The average molecular weight is 228 g/mol. The van der Waals surface area contributed by atoms with Gasteiger partial charge in [0.2, 0.25) is 0 Å². The summed E-state index contributed by atoms with van der Waals surface area (Å²) in [7, 11) is 0. The average Bonchev–Trinajstić information content (AvgIpc) is 2.76. The van der Waals surface area contributed by atoms with Crippen molar-refractivity contribution in [3.63, 3.8) is 0 Å². The van der Waals surface area contributed by atoms with Gasteiger partial charge in [-0.3, -0.25) is 4.98 Å². The molecule has 78 valence electrons. The molecule has 0 atom stereocenters. The largest absolute Gasteiger partial charge is 0.411 e. The zero-order chi connectivity index (χ0) is 11.2. The molecule has 2 aromatic rings. The molecule has 0 fully saturated rings. The quantitative estimate of drug-likeness (QED) is 0.352. The smallest absolute Gasteiger partial charge is 0.0834 e. The van der Waals surface area contributed by atoms with Crippen LogP contribution in [0, 0.1) is 11.8 Å². The van der Waals surface area contributed by atoms with Gasteiger partial charge in [-0.05, 0) is 24.3 Å². The number of thiophene rings is 1. The van der Waals surface area contributed by atoms with Crippen molar-refractivity contribution in [3.05, 3.63) is 52.0 Å². The van der Waals surface area contributed by atoms with Crippen LogP contribution in [0.4, 0.5) is 0 Å². The van der Waals surface area contributed by atoms with Gasteiger partial charge in [0.1, 0.15) is 0 Å². The predicted molar refractivity (Wildman–Crippen MR) is 63.9 cm³/mol. The minimum Gasteiger partial charge on any atom is -0.411 e. The first-order valence-corrected chi connectivity index (χ1v) is 5.39. The third-order valence-corrected chi connectivity index (χ3v) is 2.74. The fourth-order valence-corrected chi connectivity index (χ4v) is 1.84. The van der Waals surface area contributed by atoms with Gasteiger partial charge in [-0.1, -0.05) is 17.0 Å². The highest BCUT2D eigenvalue weighted by Gasteiger charge is 1.94. The molecule has 0 aromatic carbocycles. The number of oxime groups is 1. The molecule has 0 amide bonds. The lowest BCUT2D eigenvalue weighted by Crippen LogP contribution is -1.74. The Morgan fingerprint density at radius 3 is 3.00 bits per heavy atom. The van der Waals surface area contributed by atoms with Gasteiger partial charge in [-0.15, -0.1) is 11.3 Å². The summed E-state index contributed by atoms with van der Waals surface area (Å²) in [5, 5.41) is 11.3. The van der Waals surface area contributed by atoms with E-state index in [9.17, 15) is 0 Å². The normalized spacial score (nSPS) is 10.0. The van der Waals surface area contributed by atoms with E-state index in [4.69, 9.17) is 5.21 Å². The molecule has 0 saturated heterocycles. The van der Waals surface area contributed by atoms with Crippen molar-refractivity contribution in [1.29, 1.82) is 0 Å². The van der Waals surface area contributed by atoms with Crippen molar-refractivity contribution in [2.75, 3.05) is 0 Å². The van der Waals surface area contributed by atoms with E-state index in [1.807, 2.05) is 24.3 Å². The van der Waals surface area contributed by atoms with E-state index in [-0.39, 0.29) is 0 Å². The molecule has 0 aliphatic carbocycles. The zero-order valence-corrected chi connectivity index (χ0v) is 9.11. The van der Waals surface area contributed by atoms with Crippen LogP contribution in [0.1, 0.15) is 15.3 Å². The number of hydrogen-bond donors (Lipinski definition) is 1. The van der Waals surface area contributed by atoms with E-state index in [1.54, 1.807) is 12.4 Å². The minimum absolute atomic E-state index is 0.873. The van der Waals surface area contributed by atoms with E-state index in [1.165, 1.54) is 17.6 Å². The summed E-state index contributed by atoms with van der Waals surface area (Å²) in [6.45, 7) is 0. The first-order chi connectivity index (χ1) is 7.88. The monoisotopic (exact) mass is 228 g/mol. The summed E-state index contributed by atoms with van der Waals surface area (Å²) in [5.74, 6) is 6.03. The van der Waals surface area contributed by atoms with Crippen LogP contribution >= 0.6 is 11.3 Å². The number of aromatic nitrogens is 1. The summed E-state index contributed by atoms with van der Waals surface area (Å²) in [6.07, 6.45) is 4.82. The van der Waals surface area contributed by atoms with Crippen LogP contribution in [-0.2, 0) is 0 Å². The summed E-state index contributed by atoms with van der Waals surface area (Å²) in [6, 6.07) is 7.51. The molecule has 16 heavy (non-hydrogen) atoms. The summed E-state index contributed by atoms with van der Waals surface area (Å²) < 4.78 is 0. The maximum absolute atomic E-state index is 8.37. The Kier molecular flexibility index (Phi) is 3.31. The Hall–Kier alpha value is -2.12. The molecule has 0 spiro atoms. The predicted octanol–water partition coefficient (Wildman–Crippen LogP) is 2.35. The van der Waals surface area contributed by atoms with E-state index in [2.05, 4.69) is 22.0 Å². The molecule has 0 aliphatic heterocycles. The minimum atomic E-state index is 0.873. The van der Waals surface area contributed by atoms with Crippen molar-refractivity contribution in [2.24, 2.45) is 5.16 Å². The zero-order valence-electron chi connectivity index (χ0n) is 8.29. The van der Waals surface area contributed by atoms with Crippen molar-refractivity contribution in [3.8, 4) is 11.8 Å². The number of hydrogen-bond acceptors (Lipinski definition) is 4. The van der Waals surface area contributed by atoms with E-state index in [0.29, 0.717) is 0 Å². The van der Waals surface area contributed by atoms with Crippen LogP contribution in [0.5, 0.6) is 0 Å². The molecule has 4 heteroatoms. The van der Waals surface area contributed by atoms with Gasteiger partial charge in [-0.2, -0.15) is 0 Å². The van der Waals surface area contributed by atoms with Crippen LogP contribution in [0.3, 0.4) is 0 Å². The standard InChI is InChI=1S/C12H8N2OS/c15-14-9-12-6-5-11(16-12)4-3-10-2-1-7-13-8-10/h1-2,5-9,15H. The molecule has 3 nitrogen and oxygen atoms in total. The Labute approximate surface area is 97.1 Å². The van der Waals surface area contributed by atoms with E-state index < -0.39 is 0 Å². The first kappa shape index (κ1) is 10.4. The molecule has 2 aromatic heterocycles. The SMILES string of the molecule is ON=Cc1ccc(C#Cc2cccnc2)s1. The number of pyridine rings is 1. The van der Waals surface area contributed by atoms with E-state index >= 15 is 0 Å². The van der Waals surface area contributed by atoms with Crippen molar-refractivity contribution >= 4 is 17.6 Å². The molecule has 1 N–H and O–H groups in total. The van der Waals surface area contributed by atoms with Crippen LogP contribution < -0.4 is 0 Å². The van der Waals surface area contributed by atoms with Gasteiger partial charge in [0, 0.05) is 22.8 Å². The first-order valence-electron chi connectivity index (χ1n) is 4.58. The second-order valence-corrected chi connectivity index (χ2v) is 4.05. The third-order valence-electron chi connectivity index (χ3n) is 1.80. The summed E-state index contributed by atoms with van der Waals surface area (Å²) in [4.78, 5) is 5.78. The molecule has 0 aliphatic rings. The van der Waals surface area contributed by atoms with E-state index in [0.717, 1.165) is 15.3 Å². The lowest BCUT2D eigenvalue weighted by Gasteiger charge is -1.84. The molecule has 2 heterocycles. The fraction of sp³-hybridized carbons (Fsp3) is 0. The molecule has 0 unspecified atom stereocenters. The highest BCUT2D eigenvalue weighted by Crippen LogP contribution is 2.13. The Morgan fingerprint density at radius 2 is 2.25 bits per heavy atom. The second kappa shape index (κ2) is 5.10. The maximum Gasteiger partial charge on any atom is 0.0834 e. The van der Waals surface area contributed by atoms with Gasteiger partial charge in [-0.25, -0.2) is 0 Å². The maximum atomic E-state index is 8.37. The van der Waals surface area contributed by atoms with Gasteiger partial charge in [0.05, 0.1) is 11.1 Å². The van der Waals surface area contributed by atoms with Crippen LogP contribution in [0.2, 0.25) is 0 Å². The Bertz CT molecular complexity index is 549. The molecular weight excluding hydrogens is 220 g/mol. The van der Waals surface area contributed by atoms with Gasteiger partial charge in [0.25, 0.3) is 0 Å². The molecule has 2 rings (SSSR count). The topological polar surface area (TPSA) is 45.5 Å². The summed E-state index contributed by atoms with van der Waals surface area (Å²) >= 11 is 1.47. The highest BCUT2D eigenvalue weighted by atomic mass is 32.1. The van der Waals surface area contributed by atoms with Gasteiger partial charge >= 0.3 is 0 Å². The Morgan fingerprint density at radius 1 is 1.31 bits per heavy atom.